The van der Waals surface area contributed by atoms with Crippen LogP contribution in [0.25, 0.3) is 0 Å². The van der Waals surface area contributed by atoms with E-state index in [0.29, 0.717) is 22.3 Å². The molecule has 0 saturated carbocycles. The lowest BCUT2D eigenvalue weighted by molar-refractivity contribution is 0.102. The first-order valence-corrected chi connectivity index (χ1v) is 8.31. The van der Waals surface area contributed by atoms with E-state index in [0.717, 1.165) is 0 Å². The van der Waals surface area contributed by atoms with Crippen LogP contribution in [0.15, 0.2) is 60.8 Å². The molecule has 2 aromatic carbocycles. The smallest absolute Gasteiger partial charge is 0.258 e. The Hall–Kier alpha value is -2.27. The molecule has 1 amide bonds. The number of hydrogen-bond acceptors (Lipinski definition) is 3. The van der Waals surface area contributed by atoms with Crippen molar-refractivity contribution in [3.8, 4) is 11.6 Å². The maximum absolute atomic E-state index is 12.3. The van der Waals surface area contributed by atoms with Crippen LogP contribution >= 0.6 is 34.8 Å². The van der Waals surface area contributed by atoms with E-state index in [2.05, 4.69) is 10.3 Å². The minimum absolute atomic E-state index is 0.215. The Labute approximate surface area is 159 Å². The van der Waals surface area contributed by atoms with Gasteiger partial charge in [-0.15, -0.1) is 0 Å². The number of anilines is 1. The molecule has 0 atom stereocenters. The molecule has 0 bridgehead atoms. The zero-order chi connectivity index (χ0) is 17.8. The Morgan fingerprint density at radius 3 is 2.20 bits per heavy atom. The van der Waals surface area contributed by atoms with E-state index in [1.54, 1.807) is 54.6 Å². The summed E-state index contributed by atoms with van der Waals surface area (Å²) in [6, 6.07) is 15.1. The number of aromatic nitrogens is 1. The first-order valence-electron chi connectivity index (χ1n) is 7.18. The summed E-state index contributed by atoms with van der Waals surface area (Å²) in [4.78, 5) is 16.5. The summed E-state index contributed by atoms with van der Waals surface area (Å²) >= 11 is 17.9. The van der Waals surface area contributed by atoms with E-state index in [1.165, 1.54) is 6.20 Å². The summed E-state index contributed by atoms with van der Waals surface area (Å²) in [7, 11) is 0. The molecule has 0 spiro atoms. The van der Waals surface area contributed by atoms with Gasteiger partial charge in [-0.3, -0.25) is 4.79 Å². The molecule has 126 valence electrons. The standard InChI is InChI=1S/C18H11Cl3N2O2/c19-11-4-7-13(8-5-11)25-16-9-6-12(10-22-16)23-18(24)17-14(20)2-1-3-15(17)21/h1-10H,(H,23,24). The fraction of sp³-hybridized carbons (Fsp3) is 0. The first kappa shape index (κ1) is 17.5. The van der Waals surface area contributed by atoms with Crippen molar-refractivity contribution in [2.45, 2.75) is 0 Å². The largest absolute Gasteiger partial charge is 0.439 e. The van der Waals surface area contributed by atoms with Crippen molar-refractivity contribution >= 4 is 46.4 Å². The molecule has 0 unspecified atom stereocenters. The number of amides is 1. The summed E-state index contributed by atoms with van der Waals surface area (Å²) < 4.78 is 5.59. The van der Waals surface area contributed by atoms with E-state index in [1.807, 2.05) is 0 Å². The molecule has 25 heavy (non-hydrogen) atoms. The number of hydrogen-bond donors (Lipinski definition) is 1. The van der Waals surface area contributed by atoms with Crippen molar-refractivity contribution in [3.05, 3.63) is 81.4 Å². The Bertz CT molecular complexity index is 877. The predicted octanol–water partition coefficient (Wildman–Crippen LogP) is 6.09. The minimum Gasteiger partial charge on any atom is -0.439 e. The molecule has 0 fully saturated rings. The van der Waals surface area contributed by atoms with Crippen LogP contribution in [0.1, 0.15) is 10.4 Å². The van der Waals surface area contributed by atoms with Crippen LogP contribution in [-0.4, -0.2) is 10.9 Å². The van der Waals surface area contributed by atoms with Crippen molar-refractivity contribution in [2.24, 2.45) is 0 Å². The van der Waals surface area contributed by atoms with E-state index < -0.39 is 5.91 Å². The minimum atomic E-state index is -0.413. The van der Waals surface area contributed by atoms with Crippen molar-refractivity contribution in [2.75, 3.05) is 5.32 Å². The quantitative estimate of drug-likeness (QED) is 0.584. The highest BCUT2D eigenvalue weighted by molar-refractivity contribution is 6.40. The number of carbonyl (C=O) groups is 1. The topological polar surface area (TPSA) is 51.2 Å². The van der Waals surface area contributed by atoms with Gasteiger partial charge in [-0.25, -0.2) is 4.98 Å². The van der Waals surface area contributed by atoms with Crippen LogP contribution < -0.4 is 10.1 Å². The average molecular weight is 394 g/mol. The lowest BCUT2D eigenvalue weighted by Gasteiger charge is -2.09. The molecule has 3 rings (SSSR count). The Morgan fingerprint density at radius 1 is 0.920 bits per heavy atom. The van der Waals surface area contributed by atoms with Crippen LogP contribution in [0.5, 0.6) is 11.6 Å². The fourth-order valence-electron chi connectivity index (χ4n) is 2.05. The third kappa shape index (κ3) is 4.42. The van der Waals surface area contributed by atoms with Gasteiger partial charge in [0.05, 0.1) is 27.5 Å². The zero-order valence-corrected chi connectivity index (χ0v) is 14.9. The third-order valence-electron chi connectivity index (χ3n) is 3.22. The molecule has 0 aliphatic carbocycles. The number of carbonyl (C=O) groups excluding carboxylic acids is 1. The van der Waals surface area contributed by atoms with Gasteiger partial charge in [0.1, 0.15) is 5.75 Å². The summed E-state index contributed by atoms with van der Waals surface area (Å²) in [5.74, 6) is 0.580. The van der Waals surface area contributed by atoms with E-state index in [4.69, 9.17) is 39.5 Å². The molecule has 1 heterocycles. The average Bonchev–Trinajstić information content (AvgIpc) is 2.58. The fourth-order valence-corrected chi connectivity index (χ4v) is 2.74. The molecule has 0 radical (unpaired) electrons. The summed E-state index contributed by atoms with van der Waals surface area (Å²) in [6.45, 7) is 0. The van der Waals surface area contributed by atoms with Crippen LogP contribution in [0.3, 0.4) is 0 Å². The van der Waals surface area contributed by atoms with Crippen molar-refractivity contribution in [1.29, 1.82) is 0 Å². The molecule has 0 aliphatic rings. The zero-order valence-electron chi connectivity index (χ0n) is 12.7. The molecule has 0 aliphatic heterocycles. The second-order valence-electron chi connectivity index (χ2n) is 4.99. The number of pyridine rings is 1. The number of benzene rings is 2. The van der Waals surface area contributed by atoms with Gasteiger partial charge in [-0.05, 0) is 42.5 Å². The van der Waals surface area contributed by atoms with Gasteiger partial charge in [0.25, 0.3) is 5.91 Å². The lowest BCUT2D eigenvalue weighted by Crippen LogP contribution is -2.13. The van der Waals surface area contributed by atoms with Gasteiger partial charge in [0.2, 0.25) is 5.88 Å². The van der Waals surface area contributed by atoms with Gasteiger partial charge >= 0.3 is 0 Å². The van der Waals surface area contributed by atoms with Crippen molar-refractivity contribution < 1.29 is 9.53 Å². The highest BCUT2D eigenvalue weighted by atomic mass is 35.5. The summed E-state index contributed by atoms with van der Waals surface area (Å²) in [5.41, 5.74) is 0.705. The number of rotatable bonds is 4. The summed E-state index contributed by atoms with van der Waals surface area (Å²) in [6.07, 6.45) is 1.48. The highest BCUT2D eigenvalue weighted by Crippen LogP contribution is 2.26. The molecule has 0 saturated heterocycles. The molecule has 7 heteroatoms. The molecule has 3 aromatic rings. The first-order chi connectivity index (χ1) is 12.0. The van der Waals surface area contributed by atoms with Crippen molar-refractivity contribution in [3.63, 3.8) is 0 Å². The van der Waals surface area contributed by atoms with Crippen LogP contribution in [0.4, 0.5) is 5.69 Å². The molecular weight excluding hydrogens is 383 g/mol. The van der Waals surface area contributed by atoms with Gasteiger partial charge in [-0.2, -0.15) is 0 Å². The van der Waals surface area contributed by atoms with Gasteiger partial charge < -0.3 is 10.1 Å². The number of nitrogens with zero attached hydrogens (tertiary/aromatic N) is 1. The van der Waals surface area contributed by atoms with Crippen LogP contribution in [0.2, 0.25) is 15.1 Å². The Balaban J connectivity index is 1.70. The van der Waals surface area contributed by atoms with E-state index in [-0.39, 0.29) is 15.6 Å². The maximum Gasteiger partial charge on any atom is 0.258 e. The second kappa shape index (κ2) is 7.74. The molecule has 1 aromatic heterocycles. The Kier molecular flexibility index (Phi) is 5.43. The summed E-state index contributed by atoms with van der Waals surface area (Å²) in [5, 5.41) is 3.87. The highest BCUT2D eigenvalue weighted by Gasteiger charge is 2.14. The van der Waals surface area contributed by atoms with Gasteiger partial charge in [0.15, 0.2) is 0 Å². The predicted molar refractivity (Wildman–Crippen MR) is 100 cm³/mol. The number of halogens is 3. The SMILES string of the molecule is O=C(Nc1ccc(Oc2ccc(Cl)cc2)nc1)c1c(Cl)cccc1Cl. The third-order valence-corrected chi connectivity index (χ3v) is 4.10. The molecular formula is C18H11Cl3N2O2. The Morgan fingerprint density at radius 2 is 1.60 bits per heavy atom. The maximum atomic E-state index is 12.3. The van der Waals surface area contributed by atoms with Crippen molar-refractivity contribution in [1.82, 2.24) is 4.98 Å². The molecule has 1 N–H and O–H groups in total. The number of ether oxygens (including phenoxy) is 1. The van der Waals surface area contributed by atoms with E-state index in [9.17, 15) is 4.79 Å². The van der Waals surface area contributed by atoms with Gasteiger partial charge in [-0.1, -0.05) is 40.9 Å². The number of nitrogens with one attached hydrogen (secondary N) is 1. The normalized spacial score (nSPS) is 10.4. The van der Waals surface area contributed by atoms with Gasteiger partial charge in [0, 0.05) is 11.1 Å². The monoisotopic (exact) mass is 392 g/mol. The van der Waals surface area contributed by atoms with E-state index >= 15 is 0 Å². The second-order valence-corrected chi connectivity index (χ2v) is 6.24. The van der Waals surface area contributed by atoms with Crippen LogP contribution in [0, 0.1) is 0 Å². The van der Waals surface area contributed by atoms with Crippen LogP contribution in [-0.2, 0) is 0 Å². The molecule has 4 nitrogen and oxygen atoms in total. The lowest BCUT2D eigenvalue weighted by atomic mass is 10.2.